The number of nitrogens with zero attached hydrogens (tertiary/aromatic N) is 3. The number of hydrogen-bond donors (Lipinski definition) is 1. The molecule has 2 aromatic carbocycles. The minimum absolute atomic E-state index is 0.0475. The molecule has 2 heterocycles. The minimum atomic E-state index is -4.58. The van der Waals surface area contributed by atoms with Crippen LogP contribution in [-0.4, -0.2) is 76.6 Å². The smallest absolute Gasteiger partial charge is 0.416 e. The third-order valence-corrected chi connectivity index (χ3v) is 7.39. The molecule has 236 valence electrons. The Kier molecular flexibility index (Phi) is 9.85. The van der Waals surface area contributed by atoms with Gasteiger partial charge in [-0.05, 0) is 36.1 Å². The highest BCUT2D eigenvalue weighted by atomic mass is 19.4. The van der Waals surface area contributed by atoms with Crippen molar-refractivity contribution in [3.63, 3.8) is 0 Å². The molecule has 13 heteroatoms. The molecule has 10 nitrogen and oxygen atoms in total. The number of alkyl halides is 3. The van der Waals surface area contributed by atoms with Crippen LogP contribution in [0.2, 0.25) is 0 Å². The van der Waals surface area contributed by atoms with Crippen molar-refractivity contribution in [3.05, 3.63) is 83.4 Å². The molecule has 4 rings (SSSR count). The van der Waals surface area contributed by atoms with Gasteiger partial charge >= 0.3 is 18.4 Å². The number of amides is 4. The van der Waals surface area contributed by atoms with Gasteiger partial charge in [0.2, 0.25) is 11.8 Å². The van der Waals surface area contributed by atoms with Crippen LogP contribution in [0.4, 0.5) is 22.8 Å². The zero-order chi connectivity index (χ0) is 32.2. The van der Waals surface area contributed by atoms with Crippen molar-refractivity contribution in [1.29, 1.82) is 0 Å². The van der Waals surface area contributed by atoms with E-state index in [1.807, 2.05) is 30.3 Å². The van der Waals surface area contributed by atoms with E-state index in [-0.39, 0.29) is 43.6 Å². The van der Waals surface area contributed by atoms with E-state index < -0.39 is 54.7 Å². The molecule has 0 aromatic heterocycles. The summed E-state index contributed by atoms with van der Waals surface area (Å²) in [4.78, 5) is 57.6. The number of hydrogen-bond acceptors (Lipinski definition) is 6. The van der Waals surface area contributed by atoms with Crippen molar-refractivity contribution in [1.82, 2.24) is 20.0 Å². The van der Waals surface area contributed by atoms with Gasteiger partial charge in [-0.1, -0.05) is 68.5 Å². The monoisotopic (exact) mass is 616 g/mol. The van der Waals surface area contributed by atoms with Crippen LogP contribution in [0.3, 0.4) is 0 Å². The van der Waals surface area contributed by atoms with Crippen molar-refractivity contribution in [3.8, 4) is 0 Å². The highest BCUT2D eigenvalue weighted by molar-refractivity contribution is 5.94. The predicted octanol–water partition coefficient (Wildman–Crippen LogP) is 4.47. The molecule has 2 aliphatic heterocycles. The summed E-state index contributed by atoms with van der Waals surface area (Å²) in [5, 5.41) is 2.45. The second-order valence-electron chi connectivity index (χ2n) is 11.1. The molecule has 44 heavy (non-hydrogen) atoms. The fourth-order valence-electron chi connectivity index (χ4n) is 5.49. The summed E-state index contributed by atoms with van der Waals surface area (Å²) in [5.41, 5.74) is 0.438. The van der Waals surface area contributed by atoms with E-state index in [4.69, 9.17) is 9.47 Å². The molecule has 1 N–H and O–H groups in total. The fraction of sp³-hybridized carbons (Fsp3) is 0.419. The number of benzene rings is 2. The molecule has 2 aromatic rings. The topological polar surface area (TPSA) is 108 Å². The summed E-state index contributed by atoms with van der Waals surface area (Å²) in [5.74, 6) is -1.27. The van der Waals surface area contributed by atoms with Crippen LogP contribution >= 0.6 is 0 Å². The maximum absolute atomic E-state index is 13.8. The zero-order valence-corrected chi connectivity index (χ0v) is 24.7. The van der Waals surface area contributed by atoms with Crippen LogP contribution in [0.1, 0.15) is 36.1 Å². The number of ether oxygens (including phenoxy) is 2. The number of piperazine rings is 1. The molecule has 2 fully saturated rings. The molecule has 0 bridgehead atoms. The summed E-state index contributed by atoms with van der Waals surface area (Å²) in [6, 6.07) is 10.3. The first-order valence-electron chi connectivity index (χ1n) is 14.1. The molecule has 0 aliphatic carbocycles. The van der Waals surface area contributed by atoms with Crippen LogP contribution in [0.5, 0.6) is 0 Å². The summed E-state index contributed by atoms with van der Waals surface area (Å²) >= 11 is 0. The molecule has 0 saturated carbocycles. The van der Waals surface area contributed by atoms with Gasteiger partial charge in [0.15, 0.2) is 0 Å². The lowest BCUT2D eigenvalue weighted by molar-refractivity contribution is -0.173. The molecule has 0 unspecified atom stereocenters. The third-order valence-electron chi connectivity index (χ3n) is 7.39. The van der Waals surface area contributed by atoms with Gasteiger partial charge in [-0.25, -0.2) is 9.59 Å². The van der Waals surface area contributed by atoms with Gasteiger partial charge in [0.1, 0.15) is 31.5 Å². The quantitative estimate of drug-likeness (QED) is 0.439. The molecule has 0 spiro atoms. The van der Waals surface area contributed by atoms with E-state index in [1.54, 1.807) is 18.7 Å². The first-order valence-corrected chi connectivity index (χ1v) is 14.1. The Morgan fingerprint density at radius 2 is 1.75 bits per heavy atom. The standard InChI is InChI=1S/C31H35F3N4O6/c1-5-11-43-29(41)35-24-16-37(30(42)44-18-22-12-20(4)13-23(14-22)31(32,33)34)25-17-36(15-21-9-7-6-8-10-21)28(40)26(19(2)3)38(25)27(24)39/h5-10,12-14,19,24-26H,1,11,15-18H2,2-4H3,(H,35,41)/t24-,25+,26-/m0/s1. The number of nitrogens with one attached hydrogen (secondary N) is 1. The van der Waals surface area contributed by atoms with Crippen molar-refractivity contribution in [2.24, 2.45) is 5.92 Å². The number of alkyl carbamates (subject to hydrolysis) is 1. The Bertz CT molecular complexity index is 1400. The van der Waals surface area contributed by atoms with E-state index in [0.29, 0.717) is 5.56 Å². The number of carbonyl (C=O) groups excluding carboxylic acids is 4. The van der Waals surface area contributed by atoms with E-state index in [1.165, 1.54) is 28.9 Å². The number of halogens is 3. The maximum Gasteiger partial charge on any atom is 0.416 e. The largest absolute Gasteiger partial charge is 0.445 e. The SMILES string of the molecule is C=CCOC(=O)N[C@H]1CN(C(=O)OCc2cc(C)cc(C(F)(F)F)c2)[C@H]2CN(Cc3ccccc3)C(=O)[C@H](C(C)C)N2C1=O. The summed E-state index contributed by atoms with van der Waals surface area (Å²) in [6.45, 7) is 7.78. The first-order chi connectivity index (χ1) is 20.8. The van der Waals surface area contributed by atoms with Crippen LogP contribution in [-0.2, 0) is 38.4 Å². The Morgan fingerprint density at radius 1 is 1.05 bits per heavy atom. The summed E-state index contributed by atoms with van der Waals surface area (Å²) < 4.78 is 50.6. The Balaban J connectivity index is 1.65. The molecular formula is C31H35F3N4O6. The van der Waals surface area contributed by atoms with Gasteiger partial charge in [0, 0.05) is 6.54 Å². The van der Waals surface area contributed by atoms with Crippen LogP contribution < -0.4 is 5.32 Å². The summed E-state index contributed by atoms with van der Waals surface area (Å²) in [6.07, 6.45) is -6.05. The van der Waals surface area contributed by atoms with Gasteiger partial charge in [-0.2, -0.15) is 13.2 Å². The van der Waals surface area contributed by atoms with Crippen LogP contribution in [0.25, 0.3) is 0 Å². The number of fused-ring (bicyclic) bond motifs is 1. The lowest BCUT2D eigenvalue weighted by atomic mass is 9.93. The second-order valence-corrected chi connectivity index (χ2v) is 11.1. The van der Waals surface area contributed by atoms with Gasteiger partial charge in [-0.3, -0.25) is 14.5 Å². The highest BCUT2D eigenvalue weighted by Gasteiger charge is 2.53. The summed E-state index contributed by atoms with van der Waals surface area (Å²) in [7, 11) is 0. The van der Waals surface area contributed by atoms with E-state index in [0.717, 1.165) is 17.7 Å². The average Bonchev–Trinajstić information content (AvgIpc) is 2.96. The molecule has 3 atom stereocenters. The maximum atomic E-state index is 13.8. The van der Waals surface area contributed by atoms with Crippen molar-refractivity contribution < 1.29 is 41.8 Å². The lowest BCUT2D eigenvalue weighted by Gasteiger charge is -2.54. The number of carbonyl (C=O) groups is 4. The molecular weight excluding hydrogens is 581 g/mol. The lowest BCUT2D eigenvalue weighted by Crippen LogP contribution is -2.76. The number of aryl methyl sites for hydroxylation is 1. The van der Waals surface area contributed by atoms with E-state index in [9.17, 15) is 32.3 Å². The first kappa shape index (κ1) is 32.4. The van der Waals surface area contributed by atoms with Crippen LogP contribution in [0, 0.1) is 12.8 Å². The zero-order valence-electron chi connectivity index (χ0n) is 24.7. The predicted molar refractivity (Wildman–Crippen MR) is 153 cm³/mol. The second kappa shape index (κ2) is 13.4. The minimum Gasteiger partial charge on any atom is -0.445 e. The van der Waals surface area contributed by atoms with Crippen molar-refractivity contribution in [2.75, 3.05) is 19.7 Å². The van der Waals surface area contributed by atoms with Crippen LogP contribution in [0.15, 0.2) is 61.2 Å². The van der Waals surface area contributed by atoms with Gasteiger partial charge in [0.05, 0.1) is 18.7 Å². The number of rotatable bonds is 8. The molecule has 2 saturated heterocycles. The molecule has 4 amide bonds. The van der Waals surface area contributed by atoms with Gasteiger partial charge in [0.25, 0.3) is 0 Å². The van der Waals surface area contributed by atoms with E-state index >= 15 is 0 Å². The average molecular weight is 617 g/mol. The third kappa shape index (κ3) is 7.32. The van der Waals surface area contributed by atoms with E-state index in [2.05, 4.69) is 11.9 Å². The fourth-order valence-corrected chi connectivity index (χ4v) is 5.49. The highest BCUT2D eigenvalue weighted by Crippen LogP contribution is 2.32. The van der Waals surface area contributed by atoms with Gasteiger partial charge in [-0.15, -0.1) is 0 Å². The normalized spacial score (nSPS) is 20.3. The molecule has 2 aliphatic rings. The molecule has 0 radical (unpaired) electrons. The van der Waals surface area contributed by atoms with Crippen molar-refractivity contribution in [2.45, 2.75) is 58.3 Å². The van der Waals surface area contributed by atoms with Crippen molar-refractivity contribution >= 4 is 24.0 Å². The Morgan fingerprint density at radius 3 is 2.39 bits per heavy atom. The Labute approximate surface area is 253 Å². The Hall–Kier alpha value is -4.55. The van der Waals surface area contributed by atoms with Gasteiger partial charge < -0.3 is 24.6 Å².